The van der Waals surface area contributed by atoms with Crippen LogP contribution in [0.1, 0.15) is 19.8 Å². The number of carbonyl (C=O) groups is 1. The summed E-state index contributed by atoms with van der Waals surface area (Å²) >= 11 is 0. The fourth-order valence-electron chi connectivity index (χ4n) is 2.24. The fourth-order valence-corrected chi connectivity index (χ4v) is 2.24. The zero-order valence-corrected chi connectivity index (χ0v) is 10.6. The summed E-state index contributed by atoms with van der Waals surface area (Å²) in [6.45, 7) is 3.63. The molecule has 4 nitrogen and oxygen atoms in total. The summed E-state index contributed by atoms with van der Waals surface area (Å²) in [5, 5.41) is 5.98. The van der Waals surface area contributed by atoms with Gasteiger partial charge in [0.2, 0.25) is 0 Å². The summed E-state index contributed by atoms with van der Waals surface area (Å²) in [4.78, 5) is 15.9. The summed E-state index contributed by atoms with van der Waals surface area (Å²) in [6, 6.07) is 12.0. The van der Waals surface area contributed by atoms with Crippen molar-refractivity contribution < 1.29 is 4.79 Å². The van der Waals surface area contributed by atoms with E-state index in [-0.39, 0.29) is 5.91 Å². The predicted octanol–water partition coefficient (Wildman–Crippen LogP) is 1.34. The van der Waals surface area contributed by atoms with Crippen LogP contribution in [0.25, 0.3) is 0 Å². The molecule has 0 aromatic heterocycles. The van der Waals surface area contributed by atoms with E-state index >= 15 is 0 Å². The number of piperidine rings is 1. The number of nitrogens with one attached hydrogen (secondary N) is 2. The molecule has 1 amide bonds. The van der Waals surface area contributed by atoms with Gasteiger partial charge in [-0.2, -0.15) is 0 Å². The van der Waals surface area contributed by atoms with Crippen molar-refractivity contribution in [3.8, 4) is 0 Å². The average molecular weight is 245 g/mol. The van der Waals surface area contributed by atoms with E-state index in [2.05, 4.69) is 15.6 Å². The van der Waals surface area contributed by atoms with Gasteiger partial charge in [-0.15, -0.1) is 0 Å². The first-order valence-electron chi connectivity index (χ1n) is 6.32. The van der Waals surface area contributed by atoms with E-state index in [1.165, 1.54) is 0 Å². The summed E-state index contributed by atoms with van der Waals surface area (Å²) in [5.41, 5.74) is -0.421. The molecular weight excluding hydrogens is 226 g/mol. The van der Waals surface area contributed by atoms with Crippen molar-refractivity contribution in [3.63, 3.8) is 0 Å². The van der Waals surface area contributed by atoms with Crippen LogP contribution in [0, 0.1) is 0 Å². The molecule has 96 valence electrons. The lowest BCUT2D eigenvalue weighted by Crippen LogP contribution is -2.47. The van der Waals surface area contributed by atoms with Crippen molar-refractivity contribution >= 4 is 11.7 Å². The second-order valence-electron chi connectivity index (χ2n) is 4.59. The molecule has 2 aliphatic rings. The number of amides is 1. The van der Waals surface area contributed by atoms with Crippen molar-refractivity contribution in [2.45, 2.75) is 25.3 Å². The standard InChI is InChI=1S/C8H13N3O.C6H6/c1-6-10-7(12)8(11-6)2-4-9-5-3-8;1-2-4-6-5-3-1/h9H,2-5H2,1H3,(H,10,11,12);1-6H. The lowest BCUT2D eigenvalue weighted by Gasteiger charge is -2.28. The average Bonchev–Trinajstić information content (AvgIpc) is 2.67. The lowest BCUT2D eigenvalue weighted by molar-refractivity contribution is -0.124. The van der Waals surface area contributed by atoms with Crippen LogP contribution in [-0.2, 0) is 4.79 Å². The molecule has 0 unspecified atom stereocenters. The Hall–Kier alpha value is -1.68. The van der Waals surface area contributed by atoms with Gasteiger partial charge in [0, 0.05) is 0 Å². The first-order valence-corrected chi connectivity index (χ1v) is 6.32. The predicted molar refractivity (Wildman–Crippen MR) is 72.5 cm³/mol. The molecule has 18 heavy (non-hydrogen) atoms. The first-order chi connectivity index (χ1) is 8.73. The Morgan fingerprint density at radius 1 is 1.06 bits per heavy atom. The number of nitrogens with zero attached hydrogens (tertiary/aromatic N) is 1. The van der Waals surface area contributed by atoms with E-state index in [9.17, 15) is 4.79 Å². The number of carbonyl (C=O) groups excluding carboxylic acids is 1. The third-order valence-corrected chi connectivity index (χ3v) is 3.20. The Morgan fingerprint density at radius 3 is 1.94 bits per heavy atom. The SMILES string of the molecule is CC1=NC2(CCNCC2)C(=O)N1.c1ccccc1. The Balaban J connectivity index is 0.000000169. The number of rotatable bonds is 0. The van der Waals surface area contributed by atoms with Gasteiger partial charge in [0.25, 0.3) is 5.91 Å². The summed E-state index contributed by atoms with van der Waals surface area (Å²) < 4.78 is 0. The molecule has 2 heterocycles. The number of benzene rings is 1. The molecule has 0 bridgehead atoms. The van der Waals surface area contributed by atoms with E-state index in [0.29, 0.717) is 0 Å². The molecule has 4 heteroatoms. The summed E-state index contributed by atoms with van der Waals surface area (Å²) in [7, 11) is 0. The van der Waals surface area contributed by atoms with Gasteiger partial charge in [0.1, 0.15) is 11.4 Å². The molecule has 3 rings (SSSR count). The lowest BCUT2D eigenvalue weighted by atomic mass is 9.89. The normalized spacial score (nSPS) is 20.7. The zero-order valence-electron chi connectivity index (χ0n) is 10.6. The minimum Gasteiger partial charge on any atom is -0.317 e. The molecule has 2 aliphatic heterocycles. The number of hydrogen-bond donors (Lipinski definition) is 2. The van der Waals surface area contributed by atoms with Crippen LogP contribution in [0.2, 0.25) is 0 Å². The van der Waals surface area contributed by atoms with Crippen LogP contribution in [-0.4, -0.2) is 30.4 Å². The molecular formula is C14H19N3O. The summed E-state index contributed by atoms with van der Waals surface area (Å²) in [5.74, 6) is 0.850. The third kappa shape index (κ3) is 2.96. The van der Waals surface area contributed by atoms with Crippen LogP contribution in [0.4, 0.5) is 0 Å². The molecule has 0 aliphatic carbocycles. The van der Waals surface area contributed by atoms with Gasteiger partial charge >= 0.3 is 0 Å². The Bertz CT molecular complexity index is 395. The van der Waals surface area contributed by atoms with Crippen LogP contribution in [0.15, 0.2) is 41.4 Å². The van der Waals surface area contributed by atoms with E-state index in [1.54, 1.807) is 0 Å². The summed E-state index contributed by atoms with van der Waals surface area (Å²) in [6.07, 6.45) is 1.66. The van der Waals surface area contributed by atoms with Gasteiger partial charge in [-0.3, -0.25) is 9.79 Å². The molecule has 1 fully saturated rings. The van der Waals surface area contributed by atoms with Crippen LogP contribution in [0.5, 0.6) is 0 Å². The maximum absolute atomic E-state index is 11.5. The molecule has 0 saturated carbocycles. The molecule has 2 N–H and O–H groups in total. The highest BCUT2D eigenvalue weighted by Crippen LogP contribution is 2.26. The zero-order chi connectivity index (χ0) is 12.8. The van der Waals surface area contributed by atoms with E-state index < -0.39 is 5.54 Å². The van der Waals surface area contributed by atoms with Crippen LogP contribution in [0.3, 0.4) is 0 Å². The van der Waals surface area contributed by atoms with Crippen molar-refractivity contribution in [2.24, 2.45) is 4.99 Å². The minimum atomic E-state index is -0.421. The van der Waals surface area contributed by atoms with E-state index in [0.717, 1.165) is 31.8 Å². The van der Waals surface area contributed by atoms with Gasteiger partial charge in [0.15, 0.2) is 0 Å². The van der Waals surface area contributed by atoms with Gasteiger partial charge < -0.3 is 10.6 Å². The number of amidine groups is 1. The van der Waals surface area contributed by atoms with Gasteiger partial charge in [-0.25, -0.2) is 0 Å². The first kappa shape index (κ1) is 12.8. The van der Waals surface area contributed by atoms with Crippen molar-refractivity contribution in [2.75, 3.05) is 13.1 Å². The Labute approximate surface area is 108 Å². The van der Waals surface area contributed by atoms with Crippen molar-refractivity contribution in [1.29, 1.82) is 0 Å². The minimum absolute atomic E-state index is 0.0847. The largest absolute Gasteiger partial charge is 0.317 e. The van der Waals surface area contributed by atoms with E-state index in [4.69, 9.17) is 0 Å². The van der Waals surface area contributed by atoms with Gasteiger partial charge in [0.05, 0.1) is 0 Å². The van der Waals surface area contributed by atoms with Crippen molar-refractivity contribution in [3.05, 3.63) is 36.4 Å². The Morgan fingerprint density at radius 2 is 1.56 bits per heavy atom. The topological polar surface area (TPSA) is 53.5 Å². The van der Waals surface area contributed by atoms with Crippen molar-refractivity contribution in [1.82, 2.24) is 10.6 Å². The van der Waals surface area contributed by atoms with Gasteiger partial charge in [-0.1, -0.05) is 36.4 Å². The third-order valence-electron chi connectivity index (χ3n) is 3.20. The fraction of sp³-hybridized carbons (Fsp3) is 0.429. The molecule has 0 radical (unpaired) electrons. The highest BCUT2D eigenvalue weighted by atomic mass is 16.2. The maximum Gasteiger partial charge on any atom is 0.253 e. The monoisotopic (exact) mass is 245 g/mol. The second-order valence-corrected chi connectivity index (χ2v) is 4.59. The Kier molecular flexibility index (Phi) is 4.10. The van der Waals surface area contributed by atoms with Gasteiger partial charge in [-0.05, 0) is 32.9 Å². The maximum atomic E-state index is 11.5. The highest BCUT2D eigenvalue weighted by Gasteiger charge is 2.42. The van der Waals surface area contributed by atoms with Crippen LogP contribution < -0.4 is 10.6 Å². The molecule has 0 atom stereocenters. The number of aliphatic imine (C=N–C) groups is 1. The highest BCUT2D eigenvalue weighted by molar-refractivity contribution is 6.07. The van der Waals surface area contributed by atoms with Crippen LogP contribution >= 0.6 is 0 Å². The molecule has 1 aromatic rings. The molecule has 1 aromatic carbocycles. The smallest absolute Gasteiger partial charge is 0.253 e. The molecule has 1 spiro atoms. The second kappa shape index (κ2) is 5.78. The number of hydrogen-bond acceptors (Lipinski definition) is 3. The quantitative estimate of drug-likeness (QED) is 0.725. The molecule has 1 saturated heterocycles. The van der Waals surface area contributed by atoms with E-state index in [1.807, 2.05) is 43.3 Å².